The van der Waals surface area contributed by atoms with E-state index in [2.05, 4.69) is 14.8 Å². The Hall–Kier alpha value is -0.170. The van der Waals surface area contributed by atoms with Crippen molar-refractivity contribution in [1.29, 1.82) is 0 Å². The minimum absolute atomic E-state index is 0.105. The molecule has 72 valence electrons. The Morgan fingerprint density at radius 1 is 1.50 bits per heavy atom. The maximum Gasteiger partial charge on any atom is 0.264 e. The molecule has 1 heterocycles. The normalized spacial score (nSPS) is 25.6. The Morgan fingerprint density at radius 2 is 2.25 bits per heavy atom. The van der Waals surface area contributed by atoms with Crippen molar-refractivity contribution in [3.05, 3.63) is 0 Å². The van der Waals surface area contributed by atoms with Crippen molar-refractivity contribution in [2.24, 2.45) is 0 Å². The summed E-state index contributed by atoms with van der Waals surface area (Å²) >= 11 is 0. The van der Waals surface area contributed by atoms with Gasteiger partial charge in [-0.1, -0.05) is 0 Å². The van der Waals surface area contributed by atoms with Crippen LogP contribution in [0.2, 0.25) is 0 Å². The molecule has 5 nitrogen and oxygen atoms in total. The SMILES string of the molecule is CS(=O)(=O)OC[C@@H]1CNCCN1. The van der Waals surface area contributed by atoms with Gasteiger partial charge < -0.3 is 10.6 Å². The third-order valence-corrected chi connectivity index (χ3v) is 2.17. The van der Waals surface area contributed by atoms with Crippen LogP contribution in [0.5, 0.6) is 0 Å². The van der Waals surface area contributed by atoms with Gasteiger partial charge in [0.15, 0.2) is 0 Å². The van der Waals surface area contributed by atoms with Crippen LogP contribution >= 0.6 is 0 Å². The zero-order chi connectivity index (χ0) is 9.03. The van der Waals surface area contributed by atoms with Gasteiger partial charge >= 0.3 is 0 Å². The first-order valence-corrected chi connectivity index (χ1v) is 5.68. The van der Waals surface area contributed by atoms with Crippen LogP contribution in [0.1, 0.15) is 0 Å². The molecule has 0 spiro atoms. The van der Waals surface area contributed by atoms with Gasteiger partial charge in [-0.05, 0) is 0 Å². The van der Waals surface area contributed by atoms with E-state index >= 15 is 0 Å². The van der Waals surface area contributed by atoms with Crippen molar-refractivity contribution >= 4 is 10.1 Å². The molecular weight excluding hydrogens is 180 g/mol. The lowest BCUT2D eigenvalue weighted by molar-refractivity contribution is 0.253. The van der Waals surface area contributed by atoms with Crippen LogP contribution < -0.4 is 10.6 Å². The molecule has 0 aromatic carbocycles. The summed E-state index contributed by atoms with van der Waals surface area (Å²) in [6.45, 7) is 2.76. The third-order valence-electron chi connectivity index (χ3n) is 1.61. The highest BCUT2D eigenvalue weighted by atomic mass is 32.2. The fourth-order valence-electron chi connectivity index (χ4n) is 1.04. The summed E-state index contributed by atoms with van der Waals surface area (Å²) in [6, 6.07) is 0.105. The topological polar surface area (TPSA) is 67.4 Å². The summed E-state index contributed by atoms with van der Waals surface area (Å²) in [7, 11) is -3.29. The average molecular weight is 194 g/mol. The largest absolute Gasteiger partial charge is 0.314 e. The first-order valence-electron chi connectivity index (χ1n) is 3.86. The second-order valence-electron chi connectivity index (χ2n) is 2.84. The lowest BCUT2D eigenvalue weighted by Gasteiger charge is -2.23. The summed E-state index contributed by atoms with van der Waals surface area (Å²) in [5.74, 6) is 0. The Labute approximate surface area is 72.6 Å². The van der Waals surface area contributed by atoms with E-state index in [1.807, 2.05) is 0 Å². The van der Waals surface area contributed by atoms with E-state index in [-0.39, 0.29) is 12.6 Å². The van der Waals surface area contributed by atoms with Crippen LogP contribution in [-0.2, 0) is 14.3 Å². The molecule has 1 saturated heterocycles. The first-order chi connectivity index (χ1) is 5.58. The van der Waals surface area contributed by atoms with E-state index in [9.17, 15) is 8.42 Å². The molecule has 12 heavy (non-hydrogen) atoms. The van der Waals surface area contributed by atoms with E-state index in [4.69, 9.17) is 0 Å². The van der Waals surface area contributed by atoms with Crippen molar-refractivity contribution in [1.82, 2.24) is 10.6 Å². The van der Waals surface area contributed by atoms with Gasteiger partial charge in [0.2, 0.25) is 0 Å². The second kappa shape index (κ2) is 4.18. The highest BCUT2D eigenvalue weighted by Gasteiger charge is 2.14. The van der Waals surface area contributed by atoms with Gasteiger partial charge in [-0.15, -0.1) is 0 Å². The molecule has 2 N–H and O–H groups in total. The predicted molar refractivity (Wildman–Crippen MR) is 45.5 cm³/mol. The first kappa shape index (κ1) is 9.91. The number of hydrogen-bond acceptors (Lipinski definition) is 5. The number of hydrogen-bond donors (Lipinski definition) is 2. The van der Waals surface area contributed by atoms with Crippen molar-refractivity contribution in [3.8, 4) is 0 Å². The van der Waals surface area contributed by atoms with Gasteiger partial charge in [0.25, 0.3) is 10.1 Å². The van der Waals surface area contributed by atoms with Gasteiger partial charge in [0, 0.05) is 25.7 Å². The smallest absolute Gasteiger partial charge is 0.264 e. The van der Waals surface area contributed by atoms with E-state index in [1.54, 1.807) is 0 Å². The molecule has 1 aliphatic heterocycles. The van der Waals surface area contributed by atoms with Gasteiger partial charge in [0.1, 0.15) is 0 Å². The molecule has 6 heteroatoms. The lowest BCUT2D eigenvalue weighted by Crippen LogP contribution is -2.50. The van der Waals surface area contributed by atoms with Crippen molar-refractivity contribution in [2.75, 3.05) is 32.5 Å². The van der Waals surface area contributed by atoms with Crippen molar-refractivity contribution in [2.45, 2.75) is 6.04 Å². The minimum atomic E-state index is -3.29. The molecule has 0 unspecified atom stereocenters. The molecule has 1 atom stereocenters. The van der Waals surface area contributed by atoms with Crippen LogP contribution in [0.4, 0.5) is 0 Å². The zero-order valence-corrected chi connectivity index (χ0v) is 7.86. The van der Waals surface area contributed by atoms with Gasteiger partial charge in [-0.2, -0.15) is 8.42 Å². The summed E-state index contributed by atoms with van der Waals surface area (Å²) in [5.41, 5.74) is 0. The Kier molecular flexibility index (Phi) is 3.45. The minimum Gasteiger partial charge on any atom is -0.314 e. The molecule has 1 rings (SSSR count). The zero-order valence-electron chi connectivity index (χ0n) is 7.04. The van der Waals surface area contributed by atoms with E-state index in [0.717, 1.165) is 25.9 Å². The molecule has 0 aromatic heterocycles. The third kappa shape index (κ3) is 4.01. The Balaban J connectivity index is 2.22. The Bertz CT molecular complexity index is 221. The summed E-state index contributed by atoms with van der Waals surface area (Å²) < 4.78 is 25.8. The quantitative estimate of drug-likeness (QED) is 0.537. The van der Waals surface area contributed by atoms with E-state index < -0.39 is 10.1 Å². The van der Waals surface area contributed by atoms with Crippen molar-refractivity contribution in [3.63, 3.8) is 0 Å². The van der Waals surface area contributed by atoms with Crippen LogP contribution in [0.15, 0.2) is 0 Å². The second-order valence-corrected chi connectivity index (χ2v) is 4.49. The van der Waals surface area contributed by atoms with Gasteiger partial charge in [0.05, 0.1) is 12.9 Å². The van der Waals surface area contributed by atoms with Crippen LogP contribution in [-0.4, -0.2) is 47.0 Å². The van der Waals surface area contributed by atoms with Gasteiger partial charge in [-0.3, -0.25) is 4.18 Å². The molecule has 0 bridgehead atoms. The number of nitrogens with one attached hydrogen (secondary N) is 2. The fraction of sp³-hybridized carbons (Fsp3) is 1.00. The molecule has 1 aliphatic rings. The molecule has 0 aliphatic carbocycles. The molecule has 0 saturated carbocycles. The summed E-state index contributed by atoms with van der Waals surface area (Å²) in [5, 5.41) is 6.27. The highest BCUT2D eigenvalue weighted by Crippen LogP contribution is 1.92. The fourth-order valence-corrected chi connectivity index (χ4v) is 1.45. The Morgan fingerprint density at radius 3 is 2.75 bits per heavy atom. The molecule has 0 radical (unpaired) electrons. The van der Waals surface area contributed by atoms with Crippen LogP contribution in [0.3, 0.4) is 0 Å². The number of rotatable bonds is 3. The van der Waals surface area contributed by atoms with Gasteiger partial charge in [-0.25, -0.2) is 0 Å². The summed E-state index contributed by atoms with van der Waals surface area (Å²) in [4.78, 5) is 0. The van der Waals surface area contributed by atoms with E-state index in [1.165, 1.54) is 0 Å². The standard InChI is InChI=1S/C6H14N2O3S/c1-12(9,10)11-5-6-4-7-2-3-8-6/h6-8H,2-5H2,1H3/t6-/m0/s1. The lowest BCUT2D eigenvalue weighted by atomic mass is 10.2. The maximum atomic E-state index is 10.6. The molecular formula is C6H14N2O3S. The monoisotopic (exact) mass is 194 g/mol. The van der Waals surface area contributed by atoms with Crippen LogP contribution in [0, 0.1) is 0 Å². The van der Waals surface area contributed by atoms with Crippen LogP contribution in [0.25, 0.3) is 0 Å². The summed E-state index contributed by atoms with van der Waals surface area (Å²) in [6.07, 6.45) is 1.06. The predicted octanol–water partition coefficient (Wildman–Crippen LogP) is -1.48. The van der Waals surface area contributed by atoms with E-state index in [0.29, 0.717) is 0 Å². The molecule has 1 fully saturated rings. The molecule has 0 aromatic rings. The maximum absolute atomic E-state index is 10.6. The highest BCUT2D eigenvalue weighted by molar-refractivity contribution is 7.85. The number of piperazine rings is 1. The molecule has 0 amide bonds. The average Bonchev–Trinajstić information content (AvgIpc) is 2.02. The van der Waals surface area contributed by atoms with Crippen molar-refractivity contribution < 1.29 is 12.6 Å².